The number of nitriles is 1. The minimum atomic E-state index is 0.374. The van der Waals surface area contributed by atoms with Crippen LogP contribution in [-0.4, -0.2) is 15.0 Å². The van der Waals surface area contributed by atoms with Gasteiger partial charge in [0.2, 0.25) is 0 Å². The van der Waals surface area contributed by atoms with Crippen molar-refractivity contribution >= 4 is 0 Å². The van der Waals surface area contributed by atoms with Crippen LogP contribution in [0, 0.1) is 11.3 Å². The summed E-state index contributed by atoms with van der Waals surface area (Å²) in [5, 5.41) is 17.0. The molecule has 0 saturated carbocycles. The molecule has 0 fully saturated rings. The summed E-state index contributed by atoms with van der Waals surface area (Å²) in [7, 11) is 0. The fourth-order valence-electron chi connectivity index (χ4n) is 1.76. The molecule has 0 aliphatic heterocycles. The smallest absolute Gasteiger partial charge is 0.0995 e. The van der Waals surface area contributed by atoms with Crippen molar-refractivity contribution in [3.63, 3.8) is 0 Å². The Kier molecular flexibility index (Phi) is 3.20. The third-order valence-corrected chi connectivity index (χ3v) is 2.70. The molecule has 4 heteroatoms. The van der Waals surface area contributed by atoms with Crippen LogP contribution in [0.2, 0.25) is 0 Å². The third-order valence-electron chi connectivity index (χ3n) is 2.70. The van der Waals surface area contributed by atoms with E-state index in [4.69, 9.17) is 5.26 Å². The number of benzene rings is 1. The minimum Gasteiger partial charge on any atom is -0.245 e. The van der Waals surface area contributed by atoms with Gasteiger partial charge in [-0.05, 0) is 17.5 Å². The highest BCUT2D eigenvalue weighted by molar-refractivity contribution is 5.37. The molecule has 0 aliphatic rings. The van der Waals surface area contributed by atoms with E-state index in [1.165, 1.54) is 0 Å². The van der Waals surface area contributed by atoms with Gasteiger partial charge in [0.15, 0.2) is 0 Å². The van der Waals surface area contributed by atoms with E-state index < -0.39 is 0 Å². The van der Waals surface area contributed by atoms with E-state index in [0.29, 0.717) is 18.0 Å². The minimum absolute atomic E-state index is 0.374. The summed E-state index contributed by atoms with van der Waals surface area (Å²) >= 11 is 0. The van der Waals surface area contributed by atoms with Gasteiger partial charge in [-0.1, -0.05) is 37.3 Å². The fraction of sp³-hybridized carbons (Fsp3) is 0.308. The van der Waals surface area contributed by atoms with Gasteiger partial charge in [0.1, 0.15) is 0 Å². The maximum Gasteiger partial charge on any atom is 0.0995 e. The number of hydrogen-bond donors (Lipinski definition) is 0. The van der Waals surface area contributed by atoms with Crippen molar-refractivity contribution in [2.75, 3.05) is 0 Å². The van der Waals surface area contributed by atoms with Crippen LogP contribution < -0.4 is 0 Å². The van der Waals surface area contributed by atoms with Gasteiger partial charge in [-0.25, -0.2) is 4.68 Å². The van der Waals surface area contributed by atoms with Gasteiger partial charge in [-0.3, -0.25) is 0 Å². The monoisotopic (exact) mass is 226 g/mol. The van der Waals surface area contributed by atoms with Crippen LogP contribution in [0.1, 0.15) is 36.6 Å². The molecule has 0 bridgehead atoms. The van der Waals surface area contributed by atoms with E-state index >= 15 is 0 Å². The summed E-state index contributed by atoms with van der Waals surface area (Å²) < 4.78 is 1.85. The molecule has 86 valence electrons. The lowest BCUT2D eigenvalue weighted by atomic mass is 10.1. The quantitative estimate of drug-likeness (QED) is 0.807. The predicted molar refractivity (Wildman–Crippen MR) is 64.4 cm³/mol. The zero-order valence-corrected chi connectivity index (χ0v) is 9.96. The van der Waals surface area contributed by atoms with Crippen LogP contribution in [0.3, 0.4) is 0 Å². The average molecular weight is 226 g/mol. The van der Waals surface area contributed by atoms with Gasteiger partial charge in [0.25, 0.3) is 0 Å². The normalized spacial score (nSPS) is 10.5. The molecule has 0 atom stereocenters. The molecule has 0 spiro atoms. The van der Waals surface area contributed by atoms with E-state index in [9.17, 15) is 0 Å². The van der Waals surface area contributed by atoms with E-state index in [1.807, 2.05) is 28.9 Å². The summed E-state index contributed by atoms with van der Waals surface area (Å²) in [4.78, 5) is 0. The fourth-order valence-corrected chi connectivity index (χ4v) is 1.76. The Morgan fingerprint density at radius 2 is 2.12 bits per heavy atom. The van der Waals surface area contributed by atoms with Crippen LogP contribution in [0.15, 0.2) is 30.5 Å². The Labute approximate surface area is 101 Å². The zero-order valence-electron chi connectivity index (χ0n) is 9.96. The molecule has 0 unspecified atom stereocenters. The molecular weight excluding hydrogens is 212 g/mol. The Bertz CT molecular complexity index is 549. The summed E-state index contributed by atoms with van der Waals surface area (Å²) in [5.74, 6) is 0.374. The van der Waals surface area contributed by atoms with E-state index in [2.05, 4.69) is 30.2 Å². The van der Waals surface area contributed by atoms with Crippen LogP contribution in [0.4, 0.5) is 0 Å². The van der Waals surface area contributed by atoms with Crippen LogP contribution in [0.5, 0.6) is 0 Å². The molecule has 0 N–H and O–H groups in total. The van der Waals surface area contributed by atoms with Crippen molar-refractivity contribution < 1.29 is 0 Å². The first kappa shape index (κ1) is 11.3. The van der Waals surface area contributed by atoms with E-state index in [0.717, 1.165) is 11.3 Å². The summed E-state index contributed by atoms with van der Waals surface area (Å²) in [6.07, 6.45) is 1.78. The van der Waals surface area contributed by atoms with Gasteiger partial charge >= 0.3 is 0 Å². The van der Waals surface area contributed by atoms with Crippen molar-refractivity contribution in [2.45, 2.75) is 26.3 Å². The lowest BCUT2D eigenvalue weighted by Gasteiger charge is -2.09. The van der Waals surface area contributed by atoms with E-state index in [-0.39, 0.29) is 0 Å². The topological polar surface area (TPSA) is 54.5 Å². The van der Waals surface area contributed by atoms with Crippen molar-refractivity contribution in [3.8, 4) is 6.07 Å². The van der Waals surface area contributed by atoms with Crippen molar-refractivity contribution in [1.82, 2.24) is 15.0 Å². The second-order valence-electron chi connectivity index (χ2n) is 4.24. The molecule has 1 aromatic heterocycles. The molecule has 1 aromatic carbocycles. The second kappa shape index (κ2) is 4.79. The van der Waals surface area contributed by atoms with Gasteiger partial charge in [-0.2, -0.15) is 5.26 Å². The number of nitrogens with zero attached hydrogens (tertiary/aromatic N) is 4. The lowest BCUT2D eigenvalue weighted by Crippen LogP contribution is -2.08. The largest absolute Gasteiger partial charge is 0.245 e. The van der Waals surface area contributed by atoms with Gasteiger partial charge in [0, 0.05) is 0 Å². The Hall–Kier alpha value is -2.15. The molecular formula is C13H14N4. The van der Waals surface area contributed by atoms with Gasteiger partial charge < -0.3 is 0 Å². The SMILES string of the molecule is CC(C)c1cnnn1Cc1ccccc1C#N. The van der Waals surface area contributed by atoms with Crippen molar-refractivity contribution in [1.29, 1.82) is 5.26 Å². The van der Waals surface area contributed by atoms with Crippen molar-refractivity contribution in [3.05, 3.63) is 47.3 Å². The van der Waals surface area contributed by atoms with Crippen molar-refractivity contribution in [2.24, 2.45) is 0 Å². The zero-order chi connectivity index (χ0) is 12.3. The Morgan fingerprint density at radius 1 is 1.35 bits per heavy atom. The molecule has 17 heavy (non-hydrogen) atoms. The molecule has 0 saturated heterocycles. The van der Waals surface area contributed by atoms with Crippen LogP contribution >= 0.6 is 0 Å². The summed E-state index contributed by atoms with van der Waals surface area (Å²) in [5.41, 5.74) is 2.75. The molecule has 0 amide bonds. The highest BCUT2D eigenvalue weighted by Gasteiger charge is 2.09. The van der Waals surface area contributed by atoms with Gasteiger partial charge in [-0.15, -0.1) is 5.10 Å². The van der Waals surface area contributed by atoms with E-state index in [1.54, 1.807) is 6.20 Å². The predicted octanol–water partition coefficient (Wildman–Crippen LogP) is 2.32. The Balaban J connectivity index is 2.32. The summed E-state index contributed by atoms with van der Waals surface area (Å²) in [6.45, 7) is 4.80. The maximum absolute atomic E-state index is 9.03. The average Bonchev–Trinajstić information content (AvgIpc) is 2.78. The number of hydrogen-bond acceptors (Lipinski definition) is 3. The molecule has 1 heterocycles. The number of aromatic nitrogens is 3. The second-order valence-corrected chi connectivity index (χ2v) is 4.24. The number of rotatable bonds is 3. The Morgan fingerprint density at radius 3 is 2.82 bits per heavy atom. The third kappa shape index (κ3) is 2.34. The molecule has 0 aliphatic carbocycles. The molecule has 2 rings (SSSR count). The van der Waals surface area contributed by atoms with Crippen LogP contribution in [-0.2, 0) is 6.54 Å². The highest BCUT2D eigenvalue weighted by atomic mass is 15.4. The van der Waals surface area contributed by atoms with Gasteiger partial charge in [0.05, 0.1) is 30.1 Å². The first-order chi connectivity index (χ1) is 8.22. The summed E-state index contributed by atoms with van der Waals surface area (Å²) in [6, 6.07) is 9.77. The van der Waals surface area contributed by atoms with Crippen LogP contribution in [0.25, 0.3) is 0 Å². The lowest BCUT2D eigenvalue weighted by molar-refractivity contribution is 0.597. The molecule has 2 aromatic rings. The molecule has 0 radical (unpaired) electrons. The first-order valence-electron chi connectivity index (χ1n) is 5.58. The first-order valence-corrected chi connectivity index (χ1v) is 5.58. The molecule has 4 nitrogen and oxygen atoms in total. The standard InChI is InChI=1S/C13H14N4/c1-10(2)13-8-15-16-17(13)9-12-6-4-3-5-11(12)7-14/h3-6,8,10H,9H2,1-2H3. The highest BCUT2D eigenvalue weighted by Crippen LogP contribution is 2.15. The maximum atomic E-state index is 9.03.